The Kier molecular flexibility index (Phi) is 5.22. The molecule has 0 aliphatic heterocycles. The molecule has 1 aromatic heterocycles. The normalized spacial score (nSPS) is 24.8. The number of pyridine rings is 1. The molecule has 21 heavy (non-hydrogen) atoms. The Morgan fingerprint density at radius 3 is 2.38 bits per heavy atom. The first-order chi connectivity index (χ1) is 9.95. The van der Waals surface area contributed by atoms with Crippen molar-refractivity contribution in [1.29, 1.82) is 0 Å². The number of nitrogens with two attached hydrogens (primary N) is 1. The third-order valence-electron chi connectivity index (χ3n) is 4.55. The van der Waals surface area contributed by atoms with E-state index in [0.29, 0.717) is 11.6 Å². The summed E-state index contributed by atoms with van der Waals surface area (Å²) < 4.78 is 37.7. The second-order valence-corrected chi connectivity index (χ2v) is 5.80. The predicted octanol–water partition coefficient (Wildman–Crippen LogP) is 3.82. The Balaban J connectivity index is 2.07. The Hall–Kier alpha value is -1.14. The van der Waals surface area contributed by atoms with Gasteiger partial charge in [0.25, 0.3) is 0 Å². The van der Waals surface area contributed by atoms with Gasteiger partial charge in [-0.15, -0.1) is 0 Å². The summed E-state index contributed by atoms with van der Waals surface area (Å²) in [7, 11) is 0. The summed E-state index contributed by atoms with van der Waals surface area (Å²) >= 11 is 0. The summed E-state index contributed by atoms with van der Waals surface area (Å²) in [5, 5.41) is 0. The van der Waals surface area contributed by atoms with E-state index >= 15 is 0 Å². The van der Waals surface area contributed by atoms with Gasteiger partial charge >= 0.3 is 6.18 Å². The number of hydrogen-bond donors (Lipinski definition) is 2. The fourth-order valence-electron chi connectivity index (χ4n) is 3.15. The third kappa shape index (κ3) is 3.95. The summed E-state index contributed by atoms with van der Waals surface area (Å²) in [6, 6.07) is 2.33. The molecular formula is C15H22F3N3. The molecule has 3 nitrogen and oxygen atoms in total. The molecule has 1 atom stereocenters. The van der Waals surface area contributed by atoms with Crippen LogP contribution in [0.2, 0.25) is 0 Å². The van der Waals surface area contributed by atoms with Crippen molar-refractivity contribution in [3.05, 3.63) is 29.6 Å². The van der Waals surface area contributed by atoms with E-state index in [2.05, 4.69) is 17.3 Å². The van der Waals surface area contributed by atoms with Gasteiger partial charge in [-0.25, -0.2) is 0 Å². The van der Waals surface area contributed by atoms with E-state index in [9.17, 15) is 13.2 Å². The lowest BCUT2D eigenvalue weighted by molar-refractivity contribution is -0.137. The van der Waals surface area contributed by atoms with Crippen LogP contribution in [0.15, 0.2) is 18.3 Å². The van der Waals surface area contributed by atoms with Crippen molar-refractivity contribution < 1.29 is 13.2 Å². The molecule has 1 unspecified atom stereocenters. The maximum atomic E-state index is 12.6. The Labute approximate surface area is 123 Å². The molecule has 0 spiro atoms. The quantitative estimate of drug-likeness (QED) is 0.656. The van der Waals surface area contributed by atoms with Crippen LogP contribution in [-0.4, -0.2) is 4.98 Å². The molecule has 1 aliphatic carbocycles. The van der Waals surface area contributed by atoms with E-state index in [1.165, 1.54) is 12.5 Å². The molecular weight excluding hydrogens is 279 g/mol. The van der Waals surface area contributed by atoms with E-state index in [0.717, 1.165) is 43.9 Å². The Bertz CT molecular complexity index is 436. The van der Waals surface area contributed by atoms with Gasteiger partial charge in [-0.2, -0.15) is 13.2 Å². The number of halogens is 3. The first-order valence-corrected chi connectivity index (χ1v) is 7.45. The lowest BCUT2D eigenvalue weighted by atomic mass is 9.77. The van der Waals surface area contributed by atoms with Gasteiger partial charge in [-0.05, 0) is 36.8 Å². The smallest absolute Gasteiger partial charge is 0.271 e. The van der Waals surface area contributed by atoms with Crippen molar-refractivity contribution >= 4 is 0 Å². The largest absolute Gasteiger partial charge is 0.417 e. The standard InChI is InChI=1S/C15H22F3N3/c1-2-10-3-5-11(6-4-10)14(21-19)13-8-7-12(9-20-13)15(16,17)18/h7-11,14,21H,2-6,19H2,1H3. The highest BCUT2D eigenvalue weighted by Gasteiger charge is 2.32. The van der Waals surface area contributed by atoms with Crippen LogP contribution in [0.3, 0.4) is 0 Å². The predicted molar refractivity (Wildman–Crippen MR) is 75.0 cm³/mol. The summed E-state index contributed by atoms with van der Waals surface area (Å²) in [5.74, 6) is 6.71. The van der Waals surface area contributed by atoms with Crippen molar-refractivity contribution in [2.45, 2.75) is 51.2 Å². The maximum Gasteiger partial charge on any atom is 0.417 e. The second kappa shape index (κ2) is 6.75. The highest BCUT2D eigenvalue weighted by Crippen LogP contribution is 2.37. The third-order valence-corrected chi connectivity index (χ3v) is 4.55. The van der Waals surface area contributed by atoms with Crippen LogP contribution < -0.4 is 11.3 Å². The molecule has 6 heteroatoms. The molecule has 0 radical (unpaired) electrons. The van der Waals surface area contributed by atoms with Gasteiger partial charge in [0.05, 0.1) is 17.3 Å². The maximum absolute atomic E-state index is 12.6. The van der Waals surface area contributed by atoms with Crippen molar-refractivity contribution in [3.8, 4) is 0 Å². The minimum atomic E-state index is -4.35. The number of hydrazine groups is 1. The average Bonchev–Trinajstić information content (AvgIpc) is 2.48. The zero-order chi connectivity index (χ0) is 15.5. The molecule has 1 saturated carbocycles. The molecule has 3 N–H and O–H groups in total. The van der Waals surface area contributed by atoms with E-state index in [4.69, 9.17) is 5.84 Å². The zero-order valence-electron chi connectivity index (χ0n) is 12.2. The average molecular weight is 301 g/mol. The van der Waals surface area contributed by atoms with Crippen molar-refractivity contribution in [1.82, 2.24) is 10.4 Å². The minimum Gasteiger partial charge on any atom is -0.271 e. The molecule has 0 saturated heterocycles. The van der Waals surface area contributed by atoms with Gasteiger partial charge in [-0.1, -0.05) is 26.2 Å². The van der Waals surface area contributed by atoms with Crippen LogP contribution in [0.5, 0.6) is 0 Å². The highest BCUT2D eigenvalue weighted by molar-refractivity contribution is 5.19. The number of nitrogens with one attached hydrogen (secondary N) is 1. The summed E-state index contributed by atoms with van der Waals surface area (Å²) in [6.07, 6.45) is 2.10. The number of rotatable bonds is 4. The highest BCUT2D eigenvalue weighted by atomic mass is 19.4. The van der Waals surface area contributed by atoms with Crippen molar-refractivity contribution in [2.24, 2.45) is 17.7 Å². The van der Waals surface area contributed by atoms with Crippen LogP contribution >= 0.6 is 0 Å². The first-order valence-electron chi connectivity index (χ1n) is 7.45. The molecule has 1 fully saturated rings. The van der Waals surface area contributed by atoms with Gasteiger partial charge in [0, 0.05) is 6.20 Å². The number of nitrogens with zero attached hydrogens (tertiary/aromatic N) is 1. The van der Waals surface area contributed by atoms with E-state index < -0.39 is 11.7 Å². The van der Waals surface area contributed by atoms with Crippen LogP contribution in [-0.2, 0) is 6.18 Å². The second-order valence-electron chi connectivity index (χ2n) is 5.80. The topological polar surface area (TPSA) is 50.9 Å². The lowest BCUT2D eigenvalue weighted by Crippen LogP contribution is -2.36. The molecule has 1 heterocycles. The fraction of sp³-hybridized carbons (Fsp3) is 0.667. The summed E-state index contributed by atoms with van der Waals surface area (Å²) in [4.78, 5) is 3.97. The summed E-state index contributed by atoms with van der Waals surface area (Å²) in [5.41, 5.74) is 2.60. The van der Waals surface area contributed by atoms with Gasteiger partial charge in [0.1, 0.15) is 0 Å². The number of alkyl halides is 3. The van der Waals surface area contributed by atoms with E-state index in [1.54, 1.807) is 0 Å². The Morgan fingerprint density at radius 1 is 1.29 bits per heavy atom. The Morgan fingerprint density at radius 2 is 1.95 bits per heavy atom. The SMILES string of the molecule is CCC1CCC(C(NN)c2ccc(C(F)(F)F)cn2)CC1. The lowest BCUT2D eigenvalue weighted by Gasteiger charge is -2.33. The zero-order valence-corrected chi connectivity index (χ0v) is 12.2. The van der Waals surface area contributed by atoms with E-state index in [1.807, 2.05) is 0 Å². The van der Waals surface area contributed by atoms with Gasteiger partial charge in [0.2, 0.25) is 0 Å². The minimum absolute atomic E-state index is 0.176. The molecule has 2 rings (SSSR count). The molecule has 0 bridgehead atoms. The van der Waals surface area contributed by atoms with E-state index in [-0.39, 0.29) is 6.04 Å². The van der Waals surface area contributed by atoms with Gasteiger partial charge < -0.3 is 0 Å². The van der Waals surface area contributed by atoms with Crippen LogP contribution in [0, 0.1) is 11.8 Å². The molecule has 118 valence electrons. The number of aromatic nitrogens is 1. The molecule has 1 aliphatic rings. The van der Waals surface area contributed by atoms with Crippen molar-refractivity contribution in [2.75, 3.05) is 0 Å². The monoisotopic (exact) mass is 301 g/mol. The number of hydrogen-bond acceptors (Lipinski definition) is 3. The van der Waals surface area contributed by atoms with Gasteiger partial charge in [0.15, 0.2) is 0 Å². The first kappa shape index (κ1) is 16.2. The molecule has 1 aromatic rings. The van der Waals surface area contributed by atoms with Crippen LogP contribution in [0.25, 0.3) is 0 Å². The summed E-state index contributed by atoms with van der Waals surface area (Å²) in [6.45, 7) is 2.20. The fourth-order valence-corrected chi connectivity index (χ4v) is 3.15. The molecule has 0 amide bonds. The van der Waals surface area contributed by atoms with Crippen LogP contribution in [0.1, 0.15) is 56.3 Å². The van der Waals surface area contributed by atoms with Crippen molar-refractivity contribution in [3.63, 3.8) is 0 Å². The van der Waals surface area contributed by atoms with Gasteiger partial charge in [-0.3, -0.25) is 16.3 Å². The van der Waals surface area contributed by atoms with Crippen LogP contribution in [0.4, 0.5) is 13.2 Å². The molecule has 0 aromatic carbocycles.